The topological polar surface area (TPSA) is 112 Å². The van der Waals surface area contributed by atoms with Crippen molar-refractivity contribution in [2.24, 2.45) is 0 Å². The molecule has 0 saturated heterocycles. The number of H-pyrrole nitrogens is 1. The Kier molecular flexibility index (Phi) is 4.21. The highest BCUT2D eigenvalue weighted by atomic mass is 79.9. The Morgan fingerprint density at radius 2 is 2.15 bits per heavy atom. The van der Waals surface area contributed by atoms with Crippen molar-refractivity contribution < 1.29 is 18.3 Å². The highest BCUT2D eigenvalue weighted by Crippen LogP contribution is 2.23. The summed E-state index contributed by atoms with van der Waals surface area (Å²) in [5.74, 6) is -1.12. The highest BCUT2D eigenvalue weighted by Gasteiger charge is 2.19. The highest BCUT2D eigenvalue weighted by molar-refractivity contribution is 9.10. The molecule has 0 amide bonds. The third kappa shape index (κ3) is 3.24. The van der Waals surface area contributed by atoms with E-state index in [0.29, 0.717) is 5.69 Å². The Labute approximate surface area is 123 Å². The molecule has 0 aliphatic heterocycles. The van der Waals surface area contributed by atoms with Gasteiger partial charge in [0.2, 0.25) is 10.0 Å². The number of nitrogens with zero attached hydrogens (tertiary/aromatic N) is 1. The van der Waals surface area contributed by atoms with Gasteiger partial charge < -0.3 is 5.11 Å². The van der Waals surface area contributed by atoms with Crippen LogP contribution in [-0.2, 0) is 16.6 Å². The maximum atomic E-state index is 12.1. The summed E-state index contributed by atoms with van der Waals surface area (Å²) in [5, 5.41) is 15.2. The van der Waals surface area contributed by atoms with E-state index in [4.69, 9.17) is 5.11 Å². The van der Waals surface area contributed by atoms with Gasteiger partial charge in [-0.3, -0.25) is 5.10 Å². The molecule has 0 atom stereocenters. The summed E-state index contributed by atoms with van der Waals surface area (Å²) in [6.45, 7) is 0.0649. The molecule has 0 saturated carbocycles. The van der Waals surface area contributed by atoms with Crippen LogP contribution in [0.15, 0.2) is 39.8 Å². The number of nitrogens with one attached hydrogen (secondary N) is 2. The van der Waals surface area contributed by atoms with Gasteiger partial charge in [-0.2, -0.15) is 5.10 Å². The van der Waals surface area contributed by atoms with E-state index in [1.807, 2.05) is 0 Å². The van der Waals surface area contributed by atoms with Crippen LogP contribution >= 0.6 is 15.9 Å². The van der Waals surface area contributed by atoms with Gasteiger partial charge in [-0.25, -0.2) is 17.9 Å². The van der Waals surface area contributed by atoms with E-state index in [9.17, 15) is 13.2 Å². The van der Waals surface area contributed by atoms with Crippen LogP contribution in [-0.4, -0.2) is 29.7 Å². The largest absolute Gasteiger partial charge is 0.478 e. The van der Waals surface area contributed by atoms with Gasteiger partial charge >= 0.3 is 5.97 Å². The van der Waals surface area contributed by atoms with Crippen molar-refractivity contribution in [1.82, 2.24) is 14.9 Å². The molecule has 7 nitrogen and oxygen atoms in total. The van der Waals surface area contributed by atoms with Gasteiger partial charge in [0.1, 0.15) is 0 Å². The summed E-state index contributed by atoms with van der Waals surface area (Å²) in [4.78, 5) is 10.8. The molecular formula is C11H10BrN3O4S. The number of carboxylic acids is 1. The number of rotatable bonds is 5. The minimum Gasteiger partial charge on any atom is -0.478 e. The van der Waals surface area contributed by atoms with Gasteiger partial charge in [0.15, 0.2) is 0 Å². The van der Waals surface area contributed by atoms with Crippen molar-refractivity contribution in [3.63, 3.8) is 0 Å². The number of sulfonamides is 1. The number of hydrogen-bond donors (Lipinski definition) is 3. The standard InChI is InChI=1S/C11H10BrN3O4S/c12-9-5-7(11(16)17)1-2-10(9)20(18,19)14-6-8-3-4-13-15-8/h1-5,14H,6H2,(H,13,15)(H,16,17). The number of hydrogen-bond acceptors (Lipinski definition) is 4. The second kappa shape index (κ2) is 5.73. The Balaban J connectivity index is 2.23. The predicted octanol–water partition coefficient (Wildman–Crippen LogP) is 1.35. The zero-order chi connectivity index (χ0) is 14.8. The fraction of sp³-hybridized carbons (Fsp3) is 0.0909. The van der Waals surface area contributed by atoms with Gasteiger partial charge in [0, 0.05) is 10.7 Å². The normalized spacial score (nSPS) is 11.4. The quantitative estimate of drug-likeness (QED) is 0.745. The number of aromatic carboxylic acids is 1. The number of benzene rings is 1. The molecule has 1 heterocycles. The zero-order valence-corrected chi connectivity index (χ0v) is 12.4. The Bertz CT molecular complexity index is 728. The monoisotopic (exact) mass is 359 g/mol. The first kappa shape index (κ1) is 14.7. The molecule has 2 rings (SSSR count). The third-order valence-electron chi connectivity index (χ3n) is 2.48. The van der Waals surface area contributed by atoms with Crippen LogP contribution < -0.4 is 4.72 Å². The van der Waals surface area contributed by atoms with E-state index in [-0.39, 0.29) is 21.5 Å². The van der Waals surface area contributed by atoms with Crippen LogP contribution in [0, 0.1) is 0 Å². The van der Waals surface area contributed by atoms with Crippen molar-refractivity contribution in [3.05, 3.63) is 46.2 Å². The van der Waals surface area contributed by atoms with Gasteiger partial charge in [0.05, 0.1) is 22.7 Å². The van der Waals surface area contributed by atoms with Crippen LogP contribution in [0.1, 0.15) is 16.1 Å². The lowest BCUT2D eigenvalue weighted by Gasteiger charge is -2.08. The number of halogens is 1. The fourth-order valence-corrected chi connectivity index (χ4v) is 3.57. The van der Waals surface area contributed by atoms with Crippen molar-refractivity contribution in [3.8, 4) is 0 Å². The second-order valence-electron chi connectivity index (χ2n) is 3.86. The van der Waals surface area contributed by atoms with Gasteiger partial charge in [0.25, 0.3) is 0 Å². The average Bonchev–Trinajstić information content (AvgIpc) is 2.89. The first-order chi connectivity index (χ1) is 9.40. The van der Waals surface area contributed by atoms with E-state index >= 15 is 0 Å². The molecule has 0 unspecified atom stereocenters. The molecule has 0 spiro atoms. The van der Waals surface area contributed by atoms with E-state index in [0.717, 1.165) is 0 Å². The molecule has 20 heavy (non-hydrogen) atoms. The van der Waals surface area contributed by atoms with E-state index < -0.39 is 16.0 Å². The molecule has 0 radical (unpaired) electrons. The smallest absolute Gasteiger partial charge is 0.335 e. The molecule has 3 N–H and O–H groups in total. The minimum atomic E-state index is -3.75. The van der Waals surface area contributed by atoms with Crippen molar-refractivity contribution in [2.45, 2.75) is 11.4 Å². The lowest BCUT2D eigenvalue weighted by atomic mass is 10.2. The summed E-state index contributed by atoms with van der Waals surface area (Å²) in [6.07, 6.45) is 1.52. The molecule has 1 aromatic heterocycles. The van der Waals surface area contributed by atoms with E-state index in [1.54, 1.807) is 6.07 Å². The maximum absolute atomic E-state index is 12.1. The molecule has 0 bridgehead atoms. The molecule has 1 aromatic carbocycles. The summed E-state index contributed by atoms with van der Waals surface area (Å²) in [5.41, 5.74) is 0.622. The first-order valence-electron chi connectivity index (χ1n) is 5.41. The second-order valence-corrected chi connectivity index (χ2v) is 6.45. The van der Waals surface area contributed by atoms with Crippen LogP contribution in [0.4, 0.5) is 0 Å². The third-order valence-corrected chi connectivity index (χ3v) is 4.86. The summed E-state index contributed by atoms with van der Waals surface area (Å²) in [6, 6.07) is 5.36. The Morgan fingerprint density at radius 3 is 2.70 bits per heavy atom. The van der Waals surface area contributed by atoms with Crippen LogP contribution in [0.3, 0.4) is 0 Å². The molecule has 0 aliphatic rings. The van der Waals surface area contributed by atoms with Gasteiger partial charge in [-0.15, -0.1) is 0 Å². The van der Waals surface area contributed by atoms with Crippen LogP contribution in [0.25, 0.3) is 0 Å². The number of carbonyl (C=O) groups is 1. The lowest BCUT2D eigenvalue weighted by Crippen LogP contribution is -2.24. The van der Waals surface area contributed by atoms with Gasteiger partial charge in [-0.1, -0.05) is 0 Å². The lowest BCUT2D eigenvalue weighted by molar-refractivity contribution is 0.0696. The zero-order valence-electron chi connectivity index (χ0n) is 10.00. The fourth-order valence-electron chi connectivity index (χ4n) is 1.49. The molecule has 9 heteroatoms. The van der Waals surface area contributed by atoms with E-state index in [1.165, 1.54) is 24.4 Å². The molecule has 0 fully saturated rings. The number of aromatic amines is 1. The summed E-state index contributed by atoms with van der Waals surface area (Å²) < 4.78 is 26.8. The number of carboxylic acid groups (broad SMARTS) is 1. The molecule has 2 aromatic rings. The van der Waals surface area contributed by atoms with Gasteiger partial charge in [-0.05, 0) is 40.2 Å². The minimum absolute atomic E-state index is 0.00407. The summed E-state index contributed by atoms with van der Waals surface area (Å²) in [7, 11) is -3.75. The number of aromatic nitrogens is 2. The Hall–Kier alpha value is -1.71. The molecule has 106 valence electrons. The van der Waals surface area contributed by atoms with Crippen molar-refractivity contribution >= 4 is 31.9 Å². The maximum Gasteiger partial charge on any atom is 0.335 e. The summed E-state index contributed by atoms with van der Waals surface area (Å²) >= 11 is 3.07. The van der Waals surface area contributed by atoms with Crippen LogP contribution in [0.2, 0.25) is 0 Å². The van der Waals surface area contributed by atoms with Crippen molar-refractivity contribution in [2.75, 3.05) is 0 Å². The van der Waals surface area contributed by atoms with Crippen LogP contribution in [0.5, 0.6) is 0 Å². The average molecular weight is 360 g/mol. The Morgan fingerprint density at radius 1 is 1.40 bits per heavy atom. The first-order valence-corrected chi connectivity index (χ1v) is 7.68. The predicted molar refractivity (Wildman–Crippen MR) is 73.7 cm³/mol. The molecular weight excluding hydrogens is 350 g/mol. The molecule has 0 aliphatic carbocycles. The van der Waals surface area contributed by atoms with Crippen molar-refractivity contribution in [1.29, 1.82) is 0 Å². The SMILES string of the molecule is O=C(O)c1ccc(S(=O)(=O)NCc2ccn[nH]2)c(Br)c1. The van der Waals surface area contributed by atoms with E-state index in [2.05, 4.69) is 30.8 Å².